The van der Waals surface area contributed by atoms with Gasteiger partial charge in [0, 0.05) is 49.0 Å². The van der Waals surface area contributed by atoms with Gasteiger partial charge >= 0.3 is 0 Å². The van der Waals surface area contributed by atoms with Crippen molar-refractivity contribution in [2.24, 2.45) is 17.8 Å². The minimum absolute atomic E-state index is 0.113. The molecule has 5 heteroatoms. The van der Waals surface area contributed by atoms with Gasteiger partial charge in [0.15, 0.2) is 0 Å². The summed E-state index contributed by atoms with van der Waals surface area (Å²) in [7, 11) is 0. The lowest BCUT2D eigenvalue weighted by Gasteiger charge is -2.30. The van der Waals surface area contributed by atoms with E-state index in [4.69, 9.17) is 0 Å². The Hall–Kier alpha value is -1.91. The maximum atomic E-state index is 13.0. The van der Waals surface area contributed by atoms with Gasteiger partial charge in [0.1, 0.15) is 0 Å². The van der Waals surface area contributed by atoms with Gasteiger partial charge in [-0.15, -0.1) is 0 Å². The largest absolute Gasteiger partial charge is 0.339 e. The van der Waals surface area contributed by atoms with Crippen molar-refractivity contribution in [2.75, 3.05) is 19.6 Å². The topological polar surface area (TPSA) is 53.5 Å². The Morgan fingerprint density at radius 3 is 2.69 bits per heavy atom. The molecule has 2 saturated heterocycles. The molecule has 3 aliphatic rings. The fraction of sp³-hybridized carbons (Fsp3) is 0.667. The van der Waals surface area contributed by atoms with Gasteiger partial charge in [-0.05, 0) is 63.0 Å². The number of aryl methyl sites for hydroxylation is 2. The molecule has 3 fully saturated rings. The van der Waals surface area contributed by atoms with Crippen molar-refractivity contribution in [2.45, 2.75) is 52.5 Å². The van der Waals surface area contributed by atoms with Crippen LogP contribution in [-0.2, 0) is 4.79 Å². The van der Waals surface area contributed by atoms with Crippen LogP contribution in [0.5, 0.6) is 0 Å². The summed E-state index contributed by atoms with van der Waals surface area (Å²) in [5.74, 6) is 1.72. The first kappa shape index (κ1) is 17.5. The average Bonchev–Trinajstić information content (AvgIpc) is 3.05. The minimum Gasteiger partial charge on any atom is -0.339 e. The fourth-order valence-electron chi connectivity index (χ4n) is 4.75. The molecular weight excluding hydrogens is 326 g/mol. The first-order chi connectivity index (χ1) is 12.5. The van der Waals surface area contributed by atoms with Crippen molar-refractivity contribution in [1.82, 2.24) is 14.8 Å². The van der Waals surface area contributed by atoms with E-state index in [1.54, 1.807) is 6.20 Å². The van der Waals surface area contributed by atoms with Gasteiger partial charge in [-0.25, -0.2) is 0 Å². The Balaban J connectivity index is 1.44. The third-order valence-electron chi connectivity index (χ3n) is 6.54. The van der Waals surface area contributed by atoms with E-state index in [1.165, 1.54) is 0 Å². The van der Waals surface area contributed by atoms with Crippen molar-refractivity contribution in [3.05, 3.63) is 29.1 Å². The zero-order valence-corrected chi connectivity index (χ0v) is 16.1. The Bertz CT molecular complexity index is 732. The molecule has 140 valence electrons. The normalized spacial score (nSPS) is 30.7. The molecule has 0 bridgehead atoms. The van der Waals surface area contributed by atoms with Gasteiger partial charge in [-0.1, -0.05) is 6.92 Å². The number of rotatable bonds is 3. The van der Waals surface area contributed by atoms with Crippen molar-refractivity contribution < 1.29 is 9.59 Å². The maximum Gasteiger partial charge on any atom is 0.254 e. The van der Waals surface area contributed by atoms with Gasteiger partial charge in [-0.3, -0.25) is 14.6 Å². The summed E-state index contributed by atoms with van der Waals surface area (Å²) in [5, 5.41) is 0. The van der Waals surface area contributed by atoms with E-state index in [2.05, 4.69) is 16.8 Å². The predicted molar refractivity (Wildman–Crippen MR) is 99.7 cm³/mol. The van der Waals surface area contributed by atoms with Gasteiger partial charge in [0.05, 0.1) is 0 Å². The number of hydrogen-bond donors (Lipinski definition) is 0. The van der Waals surface area contributed by atoms with E-state index >= 15 is 0 Å². The van der Waals surface area contributed by atoms with E-state index in [1.807, 2.05) is 24.8 Å². The van der Waals surface area contributed by atoms with Crippen LogP contribution < -0.4 is 0 Å². The first-order valence-electron chi connectivity index (χ1n) is 9.98. The van der Waals surface area contributed by atoms with E-state index in [0.29, 0.717) is 23.8 Å². The monoisotopic (exact) mass is 355 g/mol. The van der Waals surface area contributed by atoms with E-state index in [0.717, 1.165) is 62.1 Å². The second-order valence-electron chi connectivity index (χ2n) is 8.50. The van der Waals surface area contributed by atoms with Gasteiger partial charge in [0.25, 0.3) is 5.91 Å². The number of likely N-dealkylation sites (tertiary alicyclic amines) is 2. The lowest BCUT2D eigenvalue weighted by atomic mass is 9.96. The number of hydrogen-bond acceptors (Lipinski definition) is 3. The van der Waals surface area contributed by atoms with Crippen LogP contribution in [0.4, 0.5) is 0 Å². The van der Waals surface area contributed by atoms with Crippen molar-refractivity contribution in [3.63, 3.8) is 0 Å². The van der Waals surface area contributed by atoms with Crippen LogP contribution in [0.1, 0.15) is 54.2 Å². The summed E-state index contributed by atoms with van der Waals surface area (Å²) in [6, 6.07) is 2.22. The lowest BCUT2D eigenvalue weighted by Crippen LogP contribution is -2.42. The second kappa shape index (κ2) is 6.67. The van der Waals surface area contributed by atoms with Crippen LogP contribution in [0.2, 0.25) is 0 Å². The highest BCUT2D eigenvalue weighted by Gasteiger charge is 2.46. The van der Waals surface area contributed by atoms with Gasteiger partial charge in [-0.2, -0.15) is 0 Å². The van der Waals surface area contributed by atoms with Crippen molar-refractivity contribution in [1.29, 1.82) is 0 Å². The predicted octanol–water partition coefficient (Wildman–Crippen LogP) is 2.81. The highest BCUT2D eigenvalue weighted by Crippen LogP contribution is 2.42. The minimum atomic E-state index is 0.113. The summed E-state index contributed by atoms with van der Waals surface area (Å²) in [6.45, 7) is 8.50. The smallest absolute Gasteiger partial charge is 0.254 e. The molecule has 5 nitrogen and oxygen atoms in total. The van der Waals surface area contributed by atoms with Crippen molar-refractivity contribution >= 4 is 11.8 Å². The second-order valence-corrected chi connectivity index (χ2v) is 8.50. The van der Waals surface area contributed by atoms with Crippen LogP contribution in [0.15, 0.2) is 12.3 Å². The number of aromatic nitrogens is 1. The molecule has 1 saturated carbocycles. The number of carbonyl (C=O) groups excluding carboxylic acids is 2. The summed E-state index contributed by atoms with van der Waals surface area (Å²) >= 11 is 0. The fourth-order valence-corrected chi connectivity index (χ4v) is 4.75. The standard InChI is InChI=1S/C21H29N3O2/c1-13-9-17(13)21(26)24-7-4-5-19(24)16-6-8-23(12-16)20(25)18-10-15(3)22-11-14(18)2/h10-11,13,16-17,19H,4-9,12H2,1-3H3. The highest BCUT2D eigenvalue weighted by atomic mass is 16.2. The molecule has 1 aliphatic carbocycles. The Labute approximate surface area is 155 Å². The summed E-state index contributed by atoms with van der Waals surface area (Å²) < 4.78 is 0. The molecule has 4 rings (SSSR count). The molecule has 0 aromatic carbocycles. The molecule has 2 aliphatic heterocycles. The Morgan fingerprint density at radius 2 is 1.96 bits per heavy atom. The molecule has 1 aromatic rings. The molecular formula is C21H29N3O2. The average molecular weight is 355 g/mol. The third-order valence-corrected chi connectivity index (χ3v) is 6.54. The molecule has 0 spiro atoms. The van der Waals surface area contributed by atoms with Crippen molar-refractivity contribution in [3.8, 4) is 0 Å². The molecule has 26 heavy (non-hydrogen) atoms. The highest BCUT2D eigenvalue weighted by molar-refractivity contribution is 5.95. The molecule has 3 heterocycles. The van der Waals surface area contributed by atoms with Gasteiger partial charge < -0.3 is 9.80 Å². The van der Waals surface area contributed by atoms with Crippen LogP contribution in [-0.4, -0.2) is 52.3 Å². The number of carbonyl (C=O) groups is 2. The van der Waals surface area contributed by atoms with Crippen LogP contribution >= 0.6 is 0 Å². The molecule has 4 atom stereocenters. The molecule has 0 N–H and O–H groups in total. The lowest BCUT2D eigenvalue weighted by molar-refractivity contribution is -0.134. The van der Waals surface area contributed by atoms with Crippen LogP contribution in [0, 0.1) is 31.6 Å². The first-order valence-corrected chi connectivity index (χ1v) is 9.98. The molecule has 1 aromatic heterocycles. The van der Waals surface area contributed by atoms with E-state index in [-0.39, 0.29) is 11.8 Å². The van der Waals surface area contributed by atoms with E-state index < -0.39 is 0 Å². The zero-order valence-electron chi connectivity index (χ0n) is 16.1. The van der Waals surface area contributed by atoms with Crippen LogP contribution in [0.3, 0.4) is 0 Å². The maximum absolute atomic E-state index is 13.0. The zero-order chi connectivity index (χ0) is 18.4. The summed E-state index contributed by atoms with van der Waals surface area (Å²) in [5.41, 5.74) is 2.58. The Morgan fingerprint density at radius 1 is 1.19 bits per heavy atom. The molecule has 2 amide bonds. The third kappa shape index (κ3) is 3.12. The van der Waals surface area contributed by atoms with Crippen LogP contribution in [0.25, 0.3) is 0 Å². The van der Waals surface area contributed by atoms with E-state index in [9.17, 15) is 9.59 Å². The SMILES string of the molecule is Cc1cc(C(=O)N2CCC(C3CCCN3C(=O)C3CC3C)C2)c(C)cn1. The quantitative estimate of drug-likeness (QED) is 0.838. The van der Waals surface area contributed by atoms with Gasteiger partial charge in [0.2, 0.25) is 5.91 Å². The summed E-state index contributed by atoms with van der Waals surface area (Å²) in [6.07, 6.45) is 6.03. The molecule has 0 radical (unpaired) electrons. The number of amides is 2. The number of pyridine rings is 1. The molecule has 4 unspecified atom stereocenters. The Kier molecular flexibility index (Phi) is 4.49. The summed E-state index contributed by atoms with van der Waals surface area (Å²) in [4.78, 5) is 34.1. The number of nitrogens with zero attached hydrogens (tertiary/aromatic N) is 3.